The minimum absolute atomic E-state index is 0.0706. The van der Waals surface area contributed by atoms with E-state index >= 15 is 0 Å². The molecule has 6 nitrogen and oxygen atoms in total. The summed E-state index contributed by atoms with van der Waals surface area (Å²) in [4.78, 5) is 4.30. The number of hydrogen-bond donors (Lipinski definition) is 2. The average Bonchev–Trinajstić information content (AvgIpc) is 3.26. The zero-order valence-corrected chi connectivity index (χ0v) is 20.5. The molecule has 0 saturated carbocycles. The molecule has 2 rings (SSSR count). The Morgan fingerprint density at radius 1 is 1.18 bits per heavy atom. The van der Waals surface area contributed by atoms with E-state index in [4.69, 9.17) is 20.4 Å². The summed E-state index contributed by atoms with van der Waals surface area (Å²) in [5.74, 6) is 0.654. The lowest BCUT2D eigenvalue weighted by molar-refractivity contribution is -0.138. The van der Waals surface area contributed by atoms with Crippen LogP contribution < -0.4 is 10.5 Å². The molecule has 190 valence electrons. The Hall–Kier alpha value is -2.84. The zero-order valence-electron chi connectivity index (χ0n) is 20.5. The standard InChI is InChI=1S/C23H31F3N2O2.C2H6N2/c1-4-6-8-9-10-11-15-29-20-14-13-18(16-19(20)23(24,25)26)21-27-22(30-28-21)17(3)12-7-5-2;1-2(3)4/h9-10,13-14,16-17H,4-8,11-12,15H2,1-3H3;1H3,(H3,3,4)/b10-9-;/t17-;/m0./s1. The third-order valence-electron chi connectivity index (χ3n) is 4.83. The number of ether oxygens (including phenoxy) is 1. The number of nitrogens with two attached hydrogens (primary N) is 1. The second-order valence-electron chi connectivity index (χ2n) is 8.14. The highest BCUT2D eigenvalue weighted by Crippen LogP contribution is 2.38. The number of rotatable bonds is 12. The summed E-state index contributed by atoms with van der Waals surface area (Å²) in [6.45, 7) is 7.90. The lowest BCUT2D eigenvalue weighted by Gasteiger charge is -2.14. The van der Waals surface area contributed by atoms with E-state index in [-0.39, 0.29) is 35.5 Å². The van der Waals surface area contributed by atoms with Crippen molar-refractivity contribution in [2.75, 3.05) is 6.61 Å². The summed E-state index contributed by atoms with van der Waals surface area (Å²) in [6, 6.07) is 3.89. The topological polar surface area (TPSA) is 98.0 Å². The number of unbranched alkanes of at least 4 members (excludes halogenated alkanes) is 3. The quantitative estimate of drug-likeness (QED) is 0.141. The van der Waals surface area contributed by atoms with Crippen LogP contribution in [0.4, 0.5) is 13.2 Å². The fourth-order valence-corrected chi connectivity index (χ4v) is 3.00. The molecule has 34 heavy (non-hydrogen) atoms. The molecule has 0 fully saturated rings. The summed E-state index contributed by atoms with van der Waals surface area (Å²) < 4.78 is 51.4. The van der Waals surface area contributed by atoms with Gasteiger partial charge < -0.3 is 15.0 Å². The number of alkyl halides is 3. The molecule has 1 heterocycles. The van der Waals surface area contributed by atoms with Gasteiger partial charge in [-0.25, -0.2) is 0 Å². The number of nitrogens with zero attached hydrogens (tertiary/aromatic N) is 2. The van der Waals surface area contributed by atoms with Crippen LogP contribution in [-0.4, -0.2) is 22.6 Å². The van der Waals surface area contributed by atoms with Gasteiger partial charge in [-0.15, -0.1) is 0 Å². The first-order valence-electron chi connectivity index (χ1n) is 11.7. The molecule has 0 unspecified atom stereocenters. The van der Waals surface area contributed by atoms with E-state index in [1.165, 1.54) is 19.1 Å². The van der Waals surface area contributed by atoms with Crippen molar-refractivity contribution in [3.8, 4) is 17.1 Å². The number of halogens is 3. The zero-order chi connectivity index (χ0) is 25.6. The molecule has 0 aliphatic rings. The van der Waals surface area contributed by atoms with E-state index in [1.54, 1.807) is 0 Å². The normalized spacial score (nSPS) is 12.3. The summed E-state index contributed by atoms with van der Waals surface area (Å²) >= 11 is 0. The van der Waals surface area contributed by atoms with E-state index in [1.807, 2.05) is 19.1 Å². The lowest BCUT2D eigenvalue weighted by atomic mass is 10.0. The molecule has 2 aromatic rings. The fourth-order valence-electron chi connectivity index (χ4n) is 3.00. The Morgan fingerprint density at radius 3 is 2.44 bits per heavy atom. The minimum atomic E-state index is -4.54. The van der Waals surface area contributed by atoms with Crippen LogP contribution in [0.1, 0.15) is 90.0 Å². The van der Waals surface area contributed by atoms with Crippen molar-refractivity contribution in [2.24, 2.45) is 5.73 Å². The Bertz CT molecular complexity index is 891. The SMILES string of the molecule is CC(=N)N.CCCC/C=C\CCOc1ccc(-c2noc([C@@H](C)CCCC)n2)cc1C(F)(F)F. The lowest BCUT2D eigenvalue weighted by Crippen LogP contribution is -2.09. The summed E-state index contributed by atoms with van der Waals surface area (Å²) in [5, 5.41) is 10.2. The molecule has 0 aliphatic heterocycles. The number of amidine groups is 1. The van der Waals surface area contributed by atoms with Crippen molar-refractivity contribution in [3.05, 3.63) is 41.8 Å². The van der Waals surface area contributed by atoms with Gasteiger partial charge in [0.15, 0.2) is 0 Å². The highest BCUT2D eigenvalue weighted by molar-refractivity contribution is 5.73. The van der Waals surface area contributed by atoms with Gasteiger partial charge in [-0.1, -0.05) is 63.8 Å². The van der Waals surface area contributed by atoms with E-state index in [0.717, 1.165) is 44.6 Å². The molecule has 0 saturated heterocycles. The van der Waals surface area contributed by atoms with E-state index < -0.39 is 11.7 Å². The van der Waals surface area contributed by atoms with Gasteiger partial charge in [-0.2, -0.15) is 18.2 Å². The van der Waals surface area contributed by atoms with Crippen LogP contribution in [0.3, 0.4) is 0 Å². The van der Waals surface area contributed by atoms with Gasteiger partial charge in [0.2, 0.25) is 11.7 Å². The first-order chi connectivity index (χ1) is 16.1. The highest BCUT2D eigenvalue weighted by atomic mass is 19.4. The van der Waals surface area contributed by atoms with Crippen molar-refractivity contribution < 1.29 is 22.4 Å². The average molecular weight is 483 g/mol. The van der Waals surface area contributed by atoms with Crippen LogP contribution in [0.5, 0.6) is 5.75 Å². The number of hydrogen-bond acceptors (Lipinski definition) is 5. The van der Waals surface area contributed by atoms with Crippen molar-refractivity contribution in [1.29, 1.82) is 5.41 Å². The summed E-state index contributed by atoms with van der Waals surface area (Å²) in [7, 11) is 0. The molecular formula is C25H37F3N4O2. The van der Waals surface area contributed by atoms with Crippen molar-refractivity contribution >= 4 is 5.84 Å². The van der Waals surface area contributed by atoms with Gasteiger partial charge in [0.05, 0.1) is 18.0 Å². The maximum absolute atomic E-state index is 13.6. The molecule has 0 bridgehead atoms. The molecule has 1 aromatic carbocycles. The van der Waals surface area contributed by atoms with Crippen LogP contribution in [0, 0.1) is 5.41 Å². The van der Waals surface area contributed by atoms with Crippen LogP contribution in [0.25, 0.3) is 11.4 Å². The molecular weight excluding hydrogens is 445 g/mol. The van der Waals surface area contributed by atoms with Gasteiger partial charge in [-0.05, 0) is 44.4 Å². The second kappa shape index (κ2) is 15.1. The first-order valence-corrected chi connectivity index (χ1v) is 11.7. The molecule has 0 aliphatic carbocycles. The van der Waals surface area contributed by atoms with E-state index in [9.17, 15) is 13.2 Å². The summed E-state index contributed by atoms with van der Waals surface area (Å²) in [5.41, 5.74) is 4.12. The molecule has 0 radical (unpaired) electrons. The van der Waals surface area contributed by atoms with Crippen LogP contribution >= 0.6 is 0 Å². The van der Waals surface area contributed by atoms with Gasteiger partial charge >= 0.3 is 6.18 Å². The molecule has 0 spiro atoms. The molecule has 1 aromatic heterocycles. The van der Waals surface area contributed by atoms with E-state index in [2.05, 4.69) is 24.0 Å². The Morgan fingerprint density at radius 2 is 1.82 bits per heavy atom. The van der Waals surface area contributed by atoms with Gasteiger partial charge in [0.1, 0.15) is 5.75 Å². The van der Waals surface area contributed by atoms with Gasteiger partial charge in [0.25, 0.3) is 0 Å². The monoisotopic (exact) mass is 482 g/mol. The van der Waals surface area contributed by atoms with Crippen molar-refractivity contribution in [3.63, 3.8) is 0 Å². The van der Waals surface area contributed by atoms with Gasteiger partial charge in [-0.3, -0.25) is 5.41 Å². The van der Waals surface area contributed by atoms with Crippen LogP contribution in [-0.2, 0) is 6.18 Å². The Balaban J connectivity index is 0.00000133. The van der Waals surface area contributed by atoms with Crippen molar-refractivity contribution in [2.45, 2.75) is 84.7 Å². The number of nitrogens with one attached hydrogen (secondary N) is 1. The largest absolute Gasteiger partial charge is 0.493 e. The summed E-state index contributed by atoms with van der Waals surface area (Å²) in [6.07, 6.45) is 6.17. The predicted octanol–water partition coefficient (Wildman–Crippen LogP) is 7.51. The molecule has 9 heteroatoms. The smallest absolute Gasteiger partial charge is 0.419 e. The van der Waals surface area contributed by atoms with Crippen LogP contribution in [0.15, 0.2) is 34.9 Å². The second-order valence-corrected chi connectivity index (χ2v) is 8.14. The number of benzene rings is 1. The minimum Gasteiger partial charge on any atom is -0.493 e. The maximum Gasteiger partial charge on any atom is 0.419 e. The highest BCUT2D eigenvalue weighted by Gasteiger charge is 2.35. The Kier molecular flexibility index (Phi) is 13.0. The third-order valence-corrected chi connectivity index (χ3v) is 4.83. The fraction of sp³-hybridized carbons (Fsp3) is 0.560. The molecule has 0 amide bonds. The number of aromatic nitrogens is 2. The Labute approximate surface area is 200 Å². The van der Waals surface area contributed by atoms with E-state index in [0.29, 0.717) is 12.3 Å². The third kappa shape index (κ3) is 10.9. The van der Waals surface area contributed by atoms with Crippen molar-refractivity contribution in [1.82, 2.24) is 10.1 Å². The molecule has 3 N–H and O–H groups in total. The molecule has 1 atom stereocenters. The van der Waals surface area contributed by atoms with Gasteiger partial charge in [0, 0.05) is 11.5 Å². The number of allylic oxidation sites excluding steroid dienone is 1. The first kappa shape index (κ1) is 29.2. The van der Waals surface area contributed by atoms with Crippen LogP contribution in [0.2, 0.25) is 0 Å². The predicted molar refractivity (Wildman–Crippen MR) is 129 cm³/mol. The maximum atomic E-state index is 13.6.